The summed E-state index contributed by atoms with van der Waals surface area (Å²) in [7, 11) is 0. The van der Waals surface area contributed by atoms with Crippen molar-refractivity contribution in [3.63, 3.8) is 0 Å². The first-order valence-corrected chi connectivity index (χ1v) is 7.84. The fraction of sp³-hybridized carbons (Fsp3) is 0.0667. The molecule has 3 aromatic rings. The maximum atomic E-state index is 11.8. The Bertz CT molecular complexity index is 690. The number of carbonyl (C=O) groups excluding carboxylic acids is 1. The SMILES string of the molecule is O=C(OCc1csc(-c2ccsc2)n1)c1ccccc1. The molecule has 0 aliphatic carbocycles. The second-order valence-electron chi connectivity index (χ2n) is 4.10. The van der Waals surface area contributed by atoms with Crippen molar-refractivity contribution in [2.24, 2.45) is 0 Å². The van der Waals surface area contributed by atoms with Crippen molar-refractivity contribution in [1.82, 2.24) is 4.98 Å². The molecule has 2 heterocycles. The van der Waals surface area contributed by atoms with E-state index >= 15 is 0 Å². The molecule has 0 atom stereocenters. The zero-order valence-electron chi connectivity index (χ0n) is 10.5. The van der Waals surface area contributed by atoms with Gasteiger partial charge in [0.1, 0.15) is 11.6 Å². The molecule has 0 fully saturated rings. The lowest BCUT2D eigenvalue weighted by Gasteiger charge is -2.02. The molecular weight excluding hydrogens is 290 g/mol. The highest BCUT2D eigenvalue weighted by Gasteiger charge is 2.09. The Labute approximate surface area is 124 Å². The number of nitrogens with zero attached hydrogens (tertiary/aromatic N) is 1. The molecular formula is C15H11NO2S2. The lowest BCUT2D eigenvalue weighted by molar-refractivity contribution is 0.0468. The second kappa shape index (κ2) is 5.98. The Kier molecular flexibility index (Phi) is 3.90. The highest BCUT2D eigenvalue weighted by Crippen LogP contribution is 2.25. The maximum Gasteiger partial charge on any atom is 0.338 e. The van der Waals surface area contributed by atoms with Gasteiger partial charge in [0, 0.05) is 16.3 Å². The molecule has 0 spiro atoms. The van der Waals surface area contributed by atoms with Crippen LogP contribution in [0.2, 0.25) is 0 Å². The molecule has 20 heavy (non-hydrogen) atoms. The van der Waals surface area contributed by atoms with Crippen LogP contribution in [0.25, 0.3) is 10.6 Å². The molecule has 5 heteroatoms. The van der Waals surface area contributed by atoms with Crippen LogP contribution in [-0.2, 0) is 11.3 Å². The molecule has 0 saturated carbocycles. The van der Waals surface area contributed by atoms with Gasteiger partial charge in [0.25, 0.3) is 0 Å². The van der Waals surface area contributed by atoms with E-state index in [-0.39, 0.29) is 12.6 Å². The minimum atomic E-state index is -0.323. The summed E-state index contributed by atoms with van der Waals surface area (Å²) in [6.07, 6.45) is 0. The Balaban J connectivity index is 1.63. The van der Waals surface area contributed by atoms with Crippen LogP contribution in [0.1, 0.15) is 16.1 Å². The molecule has 0 aliphatic rings. The summed E-state index contributed by atoms with van der Waals surface area (Å²) in [6, 6.07) is 11.0. The Morgan fingerprint density at radius 3 is 2.75 bits per heavy atom. The molecule has 0 N–H and O–H groups in total. The van der Waals surface area contributed by atoms with Gasteiger partial charge in [-0.15, -0.1) is 11.3 Å². The number of ether oxygens (including phenoxy) is 1. The predicted octanol–water partition coefficient (Wildman–Crippen LogP) is 4.23. The van der Waals surface area contributed by atoms with Crippen molar-refractivity contribution in [1.29, 1.82) is 0 Å². The zero-order chi connectivity index (χ0) is 13.8. The molecule has 1 aromatic carbocycles. The van der Waals surface area contributed by atoms with E-state index in [0.717, 1.165) is 16.3 Å². The molecule has 100 valence electrons. The van der Waals surface area contributed by atoms with E-state index in [1.807, 2.05) is 35.0 Å². The fourth-order valence-corrected chi connectivity index (χ4v) is 3.21. The average molecular weight is 301 g/mol. The highest BCUT2D eigenvalue weighted by atomic mass is 32.1. The molecule has 0 amide bonds. The normalized spacial score (nSPS) is 10.4. The first-order chi connectivity index (χ1) is 9.83. The summed E-state index contributed by atoms with van der Waals surface area (Å²) in [5.74, 6) is -0.323. The maximum absolute atomic E-state index is 11.8. The van der Waals surface area contributed by atoms with Crippen molar-refractivity contribution in [2.45, 2.75) is 6.61 Å². The first kappa shape index (κ1) is 13.0. The number of esters is 1. The third kappa shape index (κ3) is 2.95. The monoisotopic (exact) mass is 301 g/mol. The summed E-state index contributed by atoms with van der Waals surface area (Å²) in [6.45, 7) is 0.203. The third-order valence-corrected chi connectivity index (χ3v) is 4.30. The van der Waals surface area contributed by atoms with Gasteiger partial charge in [0.05, 0.1) is 11.3 Å². The molecule has 0 bridgehead atoms. The lowest BCUT2D eigenvalue weighted by atomic mass is 10.2. The van der Waals surface area contributed by atoms with E-state index < -0.39 is 0 Å². The Morgan fingerprint density at radius 2 is 2.00 bits per heavy atom. The van der Waals surface area contributed by atoms with Gasteiger partial charge in [0.15, 0.2) is 0 Å². The van der Waals surface area contributed by atoms with Crippen molar-refractivity contribution >= 4 is 28.6 Å². The predicted molar refractivity (Wildman–Crippen MR) is 81.0 cm³/mol. The van der Waals surface area contributed by atoms with Crippen LogP contribution in [0.4, 0.5) is 0 Å². The van der Waals surface area contributed by atoms with Crippen molar-refractivity contribution in [3.05, 3.63) is 63.8 Å². The van der Waals surface area contributed by atoms with Crippen LogP contribution in [-0.4, -0.2) is 11.0 Å². The minimum absolute atomic E-state index is 0.203. The number of carbonyl (C=O) groups is 1. The van der Waals surface area contributed by atoms with Crippen LogP contribution in [0.15, 0.2) is 52.5 Å². The van der Waals surface area contributed by atoms with Crippen LogP contribution in [0.5, 0.6) is 0 Å². The van der Waals surface area contributed by atoms with Gasteiger partial charge < -0.3 is 4.74 Å². The van der Waals surface area contributed by atoms with E-state index in [0.29, 0.717) is 5.56 Å². The largest absolute Gasteiger partial charge is 0.456 e. The number of rotatable bonds is 4. The summed E-state index contributed by atoms with van der Waals surface area (Å²) in [5.41, 5.74) is 2.45. The number of hydrogen-bond donors (Lipinski definition) is 0. The number of aromatic nitrogens is 1. The van der Waals surface area contributed by atoms with Crippen molar-refractivity contribution < 1.29 is 9.53 Å². The van der Waals surface area contributed by atoms with Crippen LogP contribution in [0.3, 0.4) is 0 Å². The van der Waals surface area contributed by atoms with Crippen LogP contribution in [0, 0.1) is 0 Å². The van der Waals surface area contributed by atoms with E-state index in [9.17, 15) is 4.79 Å². The van der Waals surface area contributed by atoms with Gasteiger partial charge >= 0.3 is 5.97 Å². The Morgan fingerprint density at radius 1 is 1.15 bits per heavy atom. The molecule has 0 saturated heterocycles. The minimum Gasteiger partial charge on any atom is -0.456 e. The number of benzene rings is 1. The molecule has 0 aliphatic heterocycles. The Hall–Kier alpha value is -1.98. The van der Waals surface area contributed by atoms with E-state index in [2.05, 4.69) is 10.4 Å². The summed E-state index contributed by atoms with van der Waals surface area (Å²) in [5, 5.41) is 6.95. The van der Waals surface area contributed by atoms with Gasteiger partial charge in [-0.2, -0.15) is 11.3 Å². The average Bonchev–Trinajstić information content (AvgIpc) is 3.16. The molecule has 0 radical (unpaired) electrons. The fourth-order valence-electron chi connectivity index (χ4n) is 1.69. The third-order valence-electron chi connectivity index (χ3n) is 2.68. The van der Waals surface area contributed by atoms with E-state index in [1.165, 1.54) is 0 Å². The summed E-state index contributed by atoms with van der Waals surface area (Å²) >= 11 is 3.20. The van der Waals surface area contributed by atoms with Crippen LogP contribution >= 0.6 is 22.7 Å². The smallest absolute Gasteiger partial charge is 0.338 e. The standard InChI is InChI=1S/C15H11NO2S2/c17-15(11-4-2-1-3-5-11)18-8-13-10-20-14(16-13)12-6-7-19-9-12/h1-7,9-10H,8H2. The number of thiazole rings is 1. The van der Waals surface area contributed by atoms with E-state index in [1.54, 1.807) is 34.8 Å². The van der Waals surface area contributed by atoms with Gasteiger partial charge in [-0.05, 0) is 23.6 Å². The number of hydrogen-bond acceptors (Lipinski definition) is 5. The first-order valence-electron chi connectivity index (χ1n) is 6.02. The quantitative estimate of drug-likeness (QED) is 0.677. The van der Waals surface area contributed by atoms with E-state index in [4.69, 9.17) is 4.74 Å². The second-order valence-corrected chi connectivity index (χ2v) is 5.74. The zero-order valence-corrected chi connectivity index (χ0v) is 12.1. The highest BCUT2D eigenvalue weighted by molar-refractivity contribution is 7.14. The number of thiophene rings is 1. The molecule has 3 rings (SSSR count). The molecule has 0 unspecified atom stereocenters. The van der Waals surface area contributed by atoms with Crippen molar-refractivity contribution in [3.8, 4) is 10.6 Å². The van der Waals surface area contributed by atoms with Gasteiger partial charge in [-0.3, -0.25) is 0 Å². The summed E-state index contributed by atoms with van der Waals surface area (Å²) < 4.78 is 5.25. The lowest BCUT2D eigenvalue weighted by Crippen LogP contribution is -2.05. The van der Waals surface area contributed by atoms with Gasteiger partial charge in [-0.25, -0.2) is 9.78 Å². The van der Waals surface area contributed by atoms with Crippen LogP contribution < -0.4 is 0 Å². The van der Waals surface area contributed by atoms with Crippen molar-refractivity contribution in [2.75, 3.05) is 0 Å². The molecule has 3 nitrogen and oxygen atoms in total. The van der Waals surface area contributed by atoms with Gasteiger partial charge in [-0.1, -0.05) is 18.2 Å². The summed E-state index contributed by atoms with van der Waals surface area (Å²) in [4.78, 5) is 16.3. The molecule has 2 aromatic heterocycles. The topological polar surface area (TPSA) is 39.2 Å². The van der Waals surface area contributed by atoms with Gasteiger partial charge in [0.2, 0.25) is 0 Å².